The molecular formula is C18H35N3. The molecule has 0 spiro atoms. The second kappa shape index (κ2) is 7.94. The Hall–Kier alpha value is -0.120. The van der Waals surface area contributed by atoms with Crippen molar-refractivity contribution in [2.45, 2.75) is 70.4 Å². The van der Waals surface area contributed by atoms with Gasteiger partial charge in [0.2, 0.25) is 0 Å². The van der Waals surface area contributed by atoms with Crippen molar-refractivity contribution in [2.75, 3.05) is 39.3 Å². The maximum absolute atomic E-state index is 3.67. The summed E-state index contributed by atoms with van der Waals surface area (Å²) in [5, 5.41) is 3.67. The van der Waals surface area contributed by atoms with E-state index in [-0.39, 0.29) is 0 Å². The summed E-state index contributed by atoms with van der Waals surface area (Å²) in [6.45, 7) is 10.3. The number of nitrogens with one attached hydrogen (secondary N) is 1. The molecule has 0 aromatic heterocycles. The number of rotatable bonds is 3. The van der Waals surface area contributed by atoms with Crippen LogP contribution in [0.3, 0.4) is 0 Å². The van der Waals surface area contributed by atoms with Gasteiger partial charge in [-0.2, -0.15) is 0 Å². The Balaban J connectivity index is 1.60. The van der Waals surface area contributed by atoms with Crippen molar-refractivity contribution in [2.24, 2.45) is 5.92 Å². The summed E-state index contributed by atoms with van der Waals surface area (Å²) in [4.78, 5) is 5.63. The molecule has 0 radical (unpaired) electrons. The van der Waals surface area contributed by atoms with Crippen LogP contribution in [0.15, 0.2) is 0 Å². The Kier molecular flexibility index (Phi) is 5.96. The summed E-state index contributed by atoms with van der Waals surface area (Å²) in [7, 11) is 0. The third-order valence-corrected chi connectivity index (χ3v) is 6.06. The van der Waals surface area contributed by atoms with Gasteiger partial charge in [0.15, 0.2) is 0 Å². The highest BCUT2D eigenvalue weighted by Crippen LogP contribution is 2.27. The number of piperidine rings is 2. The van der Waals surface area contributed by atoms with Gasteiger partial charge in [-0.15, -0.1) is 0 Å². The topological polar surface area (TPSA) is 18.5 Å². The Labute approximate surface area is 131 Å². The summed E-state index contributed by atoms with van der Waals surface area (Å²) in [5.41, 5.74) is 0. The molecular weight excluding hydrogens is 258 g/mol. The molecule has 0 aromatic carbocycles. The highest BCUT2D eigenvalue weighted by Gasteiger charge is 2.34. The third-order valence-electron chi connectivity index (χ3n) is 6.06. The van der Waals surface area contributed by atoms with Crippen LogP contribution in [0, 0.1) is 5.92 Å². The smallest absolute Gasteiger partial charge is 0.0264 e. The van der Waals surface area contributed by atoms with Crippen LogP contribution in [0.25, 0.3) is 0 Å². The van der Waals surface area contributed by atoms with Crippen molar-refractivity contribution in [1.82, 2.24) is 15.1 Å². The second-order valence-corrected chi connectivity index (χ2v) is 7.62. The zero-order valence-corrected chi connectivity index (χ0v) is 14.0. The molecule has 3 aliphatic heterocycles. The van der Waals surface area contributed by atoms with Crippen LogP contribution in [-0.2, 0) is 0 Å². The van der Waals surface area contributed by atoms with Gasteiger partial charge in [-0.1, -0.05) is 19.3 Å². The average Bonchev–Trinajstić information content (AvgIpc) is 2.77. The highest BCUT2D eigenvalue weighted by molar-refractivity contribution is 4.91. The van der Waals surface area contributed by atoms with E-state index < -0.39 is 0 Å². The maximum Gasteiger partial charge on any atom is 0.0264 e. The fourth-order valence-electron chi connectivity index (χ4n) is 4.76. The van der Waals surface area contributed by atoms with E-state index in [4.69, 9.17) is 0 Å². The summed E-state index contributed by atoms with van der Waals surface area (Å²) < 4.78 is 0. The lowest BCUT2D eigenvalue weighted by molar-refractivity contribution is 0.0394. The number of nitrogens with zero attached hydrogens (tertiary/aromatic N) is 2. The first-order valence-electron chi connectivity index (χ1n) is 9.53. The van der Waals surface area contributed by atoms with Crippen molar-refractivity contribution in [3.8, 4) is 0 Å². The molecule has 3 nitrogen and oxygen atoms in total. The molecule has 3 saturated heterocycles. The molecule has 0 aliphatic carbocycles. The molecule has 21 heavy (non-hydrogen) atoms. The predicted octanol–water partition coefficient (Wildman–Crippen LogP) is 2.71. The fraction of sp³-hybridized carbons (Fsp3) is 1.00. The summed E-state index contributed by atoms with van der Waals surface area (Å²) >= 11 is 0. The van der Waals surface area contributed by atoms with E-state index in [9.17, 15) is 0 Å². The Morgan fingerprint density at radius 2 is 1.67 bits per heavy atom. The van der Waals surface area contributed by atoms with E-state index in [1.165, 1.54) is 90.6 Å². The minimum Gasteiger partial charge on any atom is -0.315 e. The lowest BCUT2D eigenvalue weighted by Gasteiger charge is -2.46. The maximum atomic E-state index is 3.67. The summed E-state index contributed by atoms with van der Waals surface area (Å²) in [6, 6.07) is 1.59. The first kappa shape index (κ1) is 15.8. The van der Waals surface area contributed by atoms with Crippen molar-refractivity contribution in [3.05, 3.63) is 0 Å². The number of likely N-dealkylation sites (tertiary alicyclic amines) is 2. The largest absolute Gasteiger partial charge is 0.315 e. The second-order valence-electron chi connectivity index (χ2n) is 7.62. The van der Waals surface area contributed by atoms with E-state index >= 15 is 0 Å². The standard InChI is InChI=1S/C18H35N3/c1-16-8-4-7-13-21(16)18-14-19-10-9-17(18)15-20-11-5-2-3-6-12-20/h16-19H,2-15H2,1H3. The molecule has 0 amide bonds. The minimum atomic E-state index is 0.789. The number of hydrogen-bond donors (Lipinski definition) is 1. The van der Waals surface area contributed by atoms with Crippen molar-refractivity contribution < 1.29 is 0 Å². The van der Waals surface area contributed by atoms with E-state index in [1.807, 2.05) is 0 Å². The lowest BCUT2D eigenvalue weighted by atomic mass is 9.88. The zero-order valence-electron chi connectivity index (χ0n) is 14.0. The van der Waals surface area contributed by atoms with Crippen molar-refractivity contribution >= 4 is 0 Å². The van der Waals surface area contributed by atoms with Gasteiger partial charge in [0.05, 0.1) is 0 Å². The van der Waals surface area contributed by atoms with Crippen LogP contribution < -0.4 is 5.32 Å². The van der Waals surface area contributed by atoms with E-state index in [0.29, 0.717) is 0 Å². The molecule has 0 saturated carbocycles. The summed E-state index contributed by atoms with van der Waals surface area (Å²) in [5.74, 6) is 0.893. The monoisotopic (exact) mass is 293 g/mol. The minimum absolute atomic E-state index is 0.789. The van der Waals surface area contributed by atoms with Gasteiger partial charge in [0.25, 0.3) is 0 Å². The average molecular weight is 293 g/mol. The van der Waals surface area contributed by atoms with Crippen LogP contribution in [-0.4, -0.2) is 61.2 Å². The molecule has 3 aliphatic rings. The SMILES string of the molecule is CC1CCCCN1C1CNCCC1CN1CCCCCC1. The van der Waals surface area contributed by atoms with Gasteiger partial charge in [0.1, 0.15) is 0 Å². The summed E-state index contributed by atoms with van der Waals surface area (Å²) in [6.07, 6.45) is 11.4. The van der Waals surface area contributed by atoms with Crippen molar-refractivity contribution in [3.63, 3.8) is 0 Å². The highest BCUT2D eigenvalue weighted by atomic mass is 15.2. The third kappa shape index (κ3) is 4.20. The van der Waals surface area contributed by atoms with Crippen LogP contribution >= 0.6 is 0 Å². The predicted molar refractivity (Wildman–Crippen MR) is 89.7 cm³/mol. The molecule has 122 valence electrons. The number of hydrogen-bond acceptors (Lipinski definition) is 3. The van der Waals surface area contributed by atoms with Gasteiger partial charge < -0.3 is 10.2 Å². The molecule has 3 unspecified atom stereocenters. The molecule has 0 aromatic rings. The van der Waals surface area contributed by atoms with E-state index in [1.54, 1.807) is 0 Å². The fourth-order valence-corrected chi connectivity index (χ4v) is 4.76. The van der Waals surface area contributed by atoms with Gasteiger partial charge in [-0.05, 0) is 71.1 Å². The van der Waals surface area contributed by atoms with Crippen LogP contribution in [0.5, 0.6) is 0 Å². The molecule has 3 atom stereocenters. The van der Waals surface area contributed by atoms with E-state index in [2.05, 4.69) is 22.0 Å². The Morgan fingerprint density at radius 3 is 2.43 bits per heavy atom. The van der Waals surface area contributed by atoms with Crippen LogP contribution in [0.4, 0.5) is 0 Å². The van der Waals surface area contributed by atoms with Crippen molar-refractivity contribution in [1.29, 1.82) is 0 Å². The lowest BCUT2D eigenvalue weighted by Crippen LogP contribution is -2.57. The molecule has 0 bridgehead atoms. The molecule has 3 heterocycles. The first-order valence-corrected chi connectivity index (χ1v) is 9.53. The molecule has 1 N–H and O–H groups in total. The van der Waals surface area contributed by atoms with Gasteiger partial charge >= 0.3 is 0 Å². The van der Waals surface area contributed by atoms with Gasteiger partial charge in [-0.25, -0.2) is 0 Å². The normalized spacial score (nSPS) is 37.3. The molecule has 3 rings (SSSR count). The van der Waals surface area contributed by atoms with Crippen LogP contribution in [0.2, 0.25) is 0 Å². The zero-order chi connectivity index (χ0) is 14.5. The Morgan fingerprint density at radius 1 is 0.905 bits per heavy atom. The molecule has 3 fully saturated rings. The first-order chi connectivity index (χ1) is 10.3. The Bertz CT molecular complexity index is 299. The van der Waals surface area contributed by atoms with Gasteiger partial charge in [-0.3, -0.25) is 4.90 Å². The van der Waals surface area contributed by atoms with Gasteiger partial charge in [0, 0.05) is 25.2 Å². The molecule has 3 heteroatoms. The quantitative estimate of drug-likeness (QED) is 0.863. The van der Waals surface area contributed by atoms with E-state index in [0.717, 1.165) is 18.0 Å². The van der Waals surface area contributed by atoms with Crippen LogP contribution in [0.1, 0.15) is 58.3 Å².